The first-order chi connectivity index (χ1) is 15.1. The van der Waals surface area contributed by atoms with Crippen molar-refractivity contribution < 1.29 is 9.53 Å². The second-order valence-electron chi connectivity index (χ2n) is 7.43. The van der Waals surface area contributed by atoms with Crippen molar-refractivity contribution >= 4 is 40.0 Å². The van der Waals surface area contributed by atoms with Crippen molar-refractivity contribution in [2.24, 2.45) is 0 Å². The molecule has 1 saturated heterocycles. The molecule has 0 unspecified atom stereocenters. The third-order valence-electron chi connectivity index (χ3n) is 5.48. The van der Waals surface area contributed by atoms with Gasteiger partial charge in [-0.1, -0.05) is 96.8 Å². The van der Waals surface area contributed by atoms with E-state index in [1.165, 1.54) is 22.9 Å². The molecular formula is C26H19NO2S2. The van der Waals surface area contributed by atoms with Gasteiger partial charge in [0.2, 0.25) is 0 Å². The van der Waals surface area contributed by atoms with Gasteiger partial charge in [0.05, 0.1) is 4.91 Å². The number of thioether (sulfide) groups is 1. The lowest BCUT2D eigenvalue weighted by molar-refractivity contribution is -0.115. The first kappa shape index (κ1) is 19.8. The maximum absolute atomic E-state index is 12.5. The van der Waals surface area contributed by atoms with Crippen molar-refractivity contribution in [3.05, 3.63) is 118 Å². The summed E-state index contributed by atoms with van der Waals surface area (Å²) in [5, 5.41) is 2.72. The Labute approximate surface area is 190 Å². The molecule has 2 aliphatic rings. The third-order valence-corrected chi connectivity index (χ3v) is 6.64. The first-order valence-electron chi connectivity index (χ1n) is 9.98. The molecule has 3 aromatic rings. The summed E-state index contributed by atoms with van der Waals surface area (Å²) in [5.74, 6) is 1.34. The normalized spacial score (nSPS) is 19.3. The van der Waals surface area contributed by atoms with Crippen LogP contribution in [0.4, 0.5) is 0 Å². The van der Waals surface area contributed by atoms with Crippen molar-refractivity contribution in [2.45, 2.75) is 12.8 Å². The number of hydrogen-bond acceptors (Lipinski definition) is 4. The zero-order chi connectivity index (χ0) is 21.4. The smallest absolute Gasteiger partial charge is 0.263 e. The summed E-state index contributed by atoms with van der Waals surface area (Å²) in [6.45, 7) is 2.12. The average Bonchev–Trinajstić information content (AvgIpc) is 3.11. The molecule has 152 valence electrons. The molecule has 0 aliphatic carbocycles. The number of benzene rings is 3. The number of carbonyl (C=O) groups is 1. The van der Waals surface area contributed by atoms with Crippen LogP contribution in [0.1, 0.15) is 28.2 Å². The Balaban J connectivity index is 1.80. The number of amides is 1. The van der Waals surface area contributed by atoms with Crippen molar-refractivity contribution in [1.29, 1.82) is 0 Å². The number of ether oxygens (including phenoxy) is 1. The summed E-state index contributed by atoms with van der Waals surface area (Å²) in [6.07, 6.45) is 1.94. The minimum Gasteiger partial charge on any atom is -0.456 e. The quantitative estimate of drug-likeness (QED) is 0.402. The number of para-hydroxylation sites is 1. The molecule has 1 atom stereocenters. The van der Waals surface area contributed by atoms with E-state index >= 15 is 0 Å². The molecule has 2 heterocycles. The van der Waals surface area contributed by atoms with Crippen LogP contribution in [0.5, 0.6) is 5.75 Å². The van der Waals surface area contributed by atoms with Crippen LogP contribution < -0.4 is 10.1 Å². The largest absolute Gasteiger partial charge is 0.456 e. The summed E-state index contributed by atoms with van der Waals surface area (Å²) in [7, 11) is 0. The highest BCUT2D eigenvalue weighted by atomic mass is 32.2. The van der Waals surface area contributed by atoms with E-state index in [1.807, 2.05) is 60.7 Å². The molecule has 2 aliphatic heterocycles. The van der Waals surface area contributed by atoms with Gasteiger partial charge in [0.25, 0.3) is 5.91 Å². The predicted molar refractivity (Wildman–Crippen MR) is 130 cm³/mol. The van der Waals surface area contributed by atoms with Crippen molar-refractivity contribution in [2.75, 3.05) is 0 Å². The standard InChI is InChI=1S/C26H19NO2S2/c1-16-9-5-6-12-18(16)23-19-13-7-8-14-21(19)29-24(17-10-3-2-4-11-17)20(23)15-22-25(28)27-26(30)31-22/h2-15,23H,1H3,(H,27,28,30)/b22-15-/t23-/m0/s1. The number of carbonyl (C=O) groups excluding carboxylic acids is 1. The molecule has 1 amide bonds. The lowest BCUT2D eigenvalue weighted by Crippen LogP contribution is -2.19. The van der Waals surface area contributed by atoms with Gasteiger partial charge in [0.1, 0.15) is 15.8 Å². The van der Waals surface area contributed by atoms with E-state index in [1.54, 1.807) is 0 Å². The summed E-state index contributed by atoms with van der Waals surface area (Å²) in [5.41, 5.74) is 5.36. The van der Waals surface area contributed by atoms with E-state index in [4.69, 9.17) is 17.0 Å². The molecule has 0 saturated carbocycles. The number of fused-ring (bicyclic) bond motifs is 1. The van der Waals surface area contributed by atoms with Crippen molar-refractivity contribution in [1.82, 2.24) is 5.32 Å². The maximum Gasteiger partial charge on any atom is 0.263 e. The molecule has 1 N–H and O–H groups in total. The van der Waals surface area contributed by atoms with Crippen molar-refractivity contribution in [3.63, 3.8) is 0 Å². The first-order valence-corrected chi connectivity index (χ1v) is 11.2. The number of rotatable bonds is 3. The minimum atomic E-state index is -0.169. The van der Waals surface area contributed by atoms with Crippen LogP contribution in [0.2, 0.25) is 0 Å². The van der Waals surface area contributed by atoms with Gasteiger partial charge in [-0.2, -0.15) is 0 Å². The van der Waals surface area contributed by atoms with Gasteiger partial charge in [-0.3, -0.25) is 4.79 Å². The van der Waals surface area contributed by atoms with E-state index in [2.05, 4.69) is 36.5 Å². The van der Waals surface area contributed by atoms with E-state index in [0.29, 0.717) is 9.23 Å². The molecule has 5 rings (SSSR count). The van der Waals surface area contributed by atoms with E-state index < -0.39 is 0 Å². The zero-order valence-corrected chi connectivity index (χ0v) is 18.4. The fourth-order valence-corrected chi connectivity index (χ4v) is 5.09. The Morgan fingerprint density at radius 2 is 1.61 bits per heavy atom. The maximum atomic E-state index is 12.5. The Morgan fingerprint density at radius 1 is 0.935 bits per heavy atom. The molecule has 0 bridgehead atoms. The number of allylic oxidation sites excluding steroid dienone is 2. The van der Waals surface area contributed by atoms with Crippen LogP contribution in [0.25, 0.3) is 5.76 Å². The van der Waals surface area contributed by atoms with Crippen LogP contribution in [-0.4, -0.2) is 10.2 Å². The number of hydrogen-bond donors (Lipinski definition) is 1. The molecule has 0 radical (unpaired) electrons. The van der Waals surface area contributed by atoms with Gasteiger partial charge in [-0.15, -0.1) is 0 Å². The fraction of sp³-hybridized carbons (Fsp3) is 0.0769. The lowest BCUT2D eigenvalue weighted by atomic mass is 9.79. The zero-order valence-electron chi connectivity index (χ0n) is 16.8. The minimum absolute atomic E-state index is 0.0728. The predicted octanol–water partition coefficient (Wildman–Crippen LogP) is 5.96. The van der Waals surface area contributed by atoms with E-state index in [-0.39, 0.29) is 11.8 Å². The summed E-state index contributed by atoms with van der Waals surface area (Å²) >= 11 is 6.50. The van der Waals surface area contributed by atoms with Gasteiger partial charge in [-0.05, 0) is 30.2 Å². The highest BCUT2D eigenvalue weighted by molar-refractivity contribution is 8.26. The highest BCUT2D eigenvalue weighted by Gasteiger charge is 2.33. The molecule has 31 heavy (non-hydrogen) atoms. The number of thiocarbonyl (C=S) groups is 1. The Hall–Kier alpha value is -3.15. The van der Waals surface area contributed by atoms with Crippen LogP contribution in [-0.2, 0) is 4.79 Å². The second kappa shape index (κ2) is 8.17. The third kappa shape index (κ3) is 3.71. The van der Waals surface area contributed by atoms with E-state index in [0.717, 1.165) is 28.2 Å². The van der Waals surface area contributed by atoms with E-state index in [9.17, 15) is 4.79 Å². The molecular weight excluding hydrogens is 422 g/mol. The second-order valence-corrected chi connectivity index (χ2v) is 9.15. The summed E-state index contributed by atoms with van der Waals surface area (Å²) in [6, 6.07) is 26.5. The Morgan fingerprint density at radius 3 is 2.32 bits per heavy atom. The SMILES string of the molecule is Cc1ccccc1[C@@H]1C(/C=C2\SC(=S)NC2=O)=C(c2ccccc2)Oc2ccccc21. The fourth-order valence-electron chi connectivity index (χ4n) is 4.05. The molecule has 0 aromatic heterocycles. The van der Waals surface area contributed by atoms with Gasteiger partial charge in [0.15, 0.2) is 0 Å². The van der Waals surface area contributed by atoms with Crippen LogP contribution >= 0.6 is 24.0 Å². The van der Waals surface area contributed by atoms with Gasteiger partial charge in [-0.25, -0.2) is 0 Å². The molecule has 3 nitrogen and oxygen atoms in total. The number of aryl methyl sites for hydroxylation is 1. The number of nitrogens with one attached hydrogen (secondary N) is 1. The monoisotopic (exact) mass is 441 g/mol. The summed E-state index contributed by atoms with van der Waals surface area (Å²) in [4.78, 5) is 13.1. The van der Waals surface area contributed by atoms with Crippen molar-refractivity contribution in [3.8, 4) is 5.75 Å². The summed E-state index contributed by atoms with van der Waals surface area (Å²) < 4.78 is 6.93. The average molecular weight is 442 g/mol. The van der Waals surface area contributed by atoms with Gasteiger partial charge >= 0.3 is 0 Å². The van der Waals surface area contributed by atoms with Crippen LogP contribution in [0, 0.1) is 6.92 Å². The molecule has 1 fully saturated rings. The van der Waals surface area contributed by atoms with Gasteiger partial charge in [0, 0.05) is 22.6 Å². The lowest BCUT2D eigenvalue weighted by Gasteiger charge is -2.31. The van der Waals surface area contributed by atoms with Crippen LogP contribution in [0.3, 0.4) is 0 Å². The molecule has 5 heteroatoms. The Kier molecular flexibility index (Phi) is 5.22. The molecule has 3 aromatic carbocycles. The highest BCUT2D eigenvalue weighted by Crippen LogP contribution is 2.47. The van der Waals surface area contributed by atoms with Crippen LogP contribution in [0.15, 0.2) is 95.4 Å². The Bertz CT molecular complexity index is 1260. The van der Waals surface area contributed by atoms with Gasteiger partial charge < -0.3 is 10.1 Å². The topological polar surface area (TPSA) is 38.3 Å². The molecule has 0 spiro atoms.